The molecule has 4 rings (SSSR count). The predicted molar refractivity (Wildman–Crippen MR) is 55.0 cm³/mol. The summed E-state index contributed by atoms with van der Waals surface area (Å²) in [5.74, 6) is 2.01. The second kappa shape index (κ2) is 2.47. The first-order valence-corrected chi connectivity index (χ1v) is 6.21. The molecular weight excluding hydrogens is 188 g/mol. The van der Waals surface area contributed by atoms with E-state index in [1.54, 1.807) is 0 Å². The normalized spacial score (nSPS) is 48.9. The molecule has 1 heterocycles. The molecule has 0 aromatic rings. The van der Waals surface area contributed by atoms with Crippen LogP contribution in [-0.4, -0.2) is 11.6 Å². The summed E-state index contributed by atoms with van der Waals surface area (Å²) in [4.78, 5) is 12.0. The second-order valence-corrected chi connectivity index (χ2v) is 5.69. The molecule has 15 heavy (non-hydrogen) atoms. The van der Waals surface area contributed by atoms with Crippen LogP contribution in [0.1, 0.15) is 32.1 Å². The summed E-state index contributed by atoms with van der Waals surface area (Å²) in [7, 11) is 0. The largest absolute Gasteiger partial charge is 0.458 e. The molecular formula is C13H16O2. The third-order valence-electron chi connectivity index (χ3n) is 5.09. The van der Waals surface area contributed by atoms with Crippen molar-refractivity contribution in [1.29, 1.82) is 0 Å². The molecule has 80 valence electrons. The van der Waals surface area contributed by atoms with Gasteiger partial charge in [-0.1, -0.05) is 12.2 Å². The quantitative estimate of drug-likeness (QED) is 0.447. The topological polar surface area (TPSA) is 26.3 Å². The maximum absolute atomic E-state index is 12.0. The average Bonchev–Trinajstić information content (AvgIpc) is 2.93. The number of hydrogen-bond acceptors (Lipinski definition) is 2. The lowest BCUT2D eigenvalue weighted by atomic mass is 9.74. The molecule has 0 aromatic heterocycles. The molecule has 4 atom stereocenters. The van der Waals surface area contributed by atoms with Crippen LogP contribution in [0, 0.1) is 23.7 Å². The third-order valence-corrected chi connectivity index (χ3v) is 5.09. The number of carbonyl (C=O) groups excluding carboxylic acids is 1. The van der Waals surface area contributed by atoms with Crippen molar-refractivity contribution in [3.8, 4) is 0 Å². The first-order chi connectivity index (χ1) is 7.30. The van der Waals surface area contributed by atoms with Gasteiger partial charge in [-0.15, -0.1) is 0 Å². The minimum Gasteiger partial charge on any atom is -0.458 e. The Morgan fingerprint density at radius 3 is 2.73 bits per heavy atom. The van der Waals surface area contributed by atoms with Crippen molar-refractivity contribution in [2.24, 2.45) is 23.7 Å². The van der Waals surface area contributed by atoms with Gasteiger partial charge in [-0.2, -0.15) is 0 Å². The van der Waals surface area contributed by atoms with E-state index in [2.05, 4.69) is 12.2 Å². The molecule has 0 N–H and O–H groups in total. The lowest BCUT2D eigenvalue weighted by molar-refractivity contribution is -0.152. The van der Waals surface area contributed by atoms with Crippen molar-refractivity contribution in [2.45, 2.75) is 37.7 Å². The Bertz CT molecular complexity index is 352. The van der Waals surface area contributed by atoms with E-state index in [0.717, 1.165) is 12.8 Å². The van der Waals surface area contributed by atoms with E-state index in [-0.39, 0.29) is 17.5 Å². The van der Waals surface area contributed by atoms with Crippen molar-refractivity contribution < 1.29 is 9.53 Å². The van der Waals surface area contributed by atoms with Gasteiger partial charge in [0.1, 0.15) is 5.60 Å². The molecule has 4 unspecified atom stereocenters. The zero-order valence-electron chi connectivity index (χ0n) is 8.82. The minimum absolute atomic E-state index is 0.0358. The zero-order chi connectivity index (χ0) is 10.0. The number of ether oxygens (including phenoxy) is 1. The SMILES string of the molecule is O=C1OC2(CCCC2)C2C3C=CC(C3)C12. The average molecular weight is 204 g/mol. The van der Waals surface area contributed by atoms with Crippen LogP contribution in [-0.2, 0) is 9.53 Å². The van der Waals surface area contributed by atoms with Gasteiger partial charge in [-0.05, 0) is 43.9 Å². The summed E-state index contributed by atoms with van der Waals surface area (Å²) in [6.45, 7) is 0. The molecule has 2 bridgehead atoms. The number of rotatable bonds is 0. The standard InChI is InChI=1S/C13H16O2/c14-12-10-8-3-4-9(7-8)11(10)13(15-12)5-1-2-6-13/h3-4,8-11H,1-2,5-7H2. The minimum atomic E-state index is -0.0358. The summed E-state index contributed by atoms with van der Waals surface area (Å²) < 4.78 is 5.78. The van der Waals surface area contributed by atoms with Crippen LogP contribution in [0.2, 0.25) is 0 Å². The molecule has 2 nitrogen and oxygen atoms in total. The lowest BCUT2D eigenvalue weighted by Gasteiger charge is -2.31. The van der Waals surface area contributed by atoms with E-state index in [9.17, 15) is 4.79 Å². The smallest absolute Gasteiger partial charge is 0.310 e. The molecule has 3 fully saturated rings. The summed E-state index contributed by atoms with van der Waals surface area (Å²) in [6, 6.07) is 0. The van der Waals surface area contributed by atoms with Crippen LogP contribution in [0.5, 0.6) is 0 Å². The van der Waals surface area contributed by atoms with E-state index in [0.29, 0.717) is 17.8 Å². The Labute approximate surface area is 89.7 Å². The number of fused-ring (bicyclic) bond motifs is 6. The van der Waals surface area contributed by atoms with Crippen LogP contribution in [0.3, 0.4) is 0 Å². The molecule has 0 amide bonds. The van der Waals surface area contributed by atoms with Crippen molar-refractivity contribution in [2.75, 3.05) is 0 Å². The van der Waals surface area contributed by atoms with E-state index >= 15 is 0 Å². The molecule has 1 aliphatic heterocycles. The van der Waals surface area contributed by atoms with Crippen LogP contribution < -0.4 is 0 Å². The number of allylic oxidation sites excluding steroid dienone is 2. The fourth-order valence-electron chi connectivity index (χ4n) is 4.61. The van der Waals surface area contributed by atoms with Crippen molar-refractivity contribution in [3.05, 3.63) is 12.2 Å². The first kappa shape index (κ1) is 8.37. The molecule has 0 radical (unpaired) electrons. The van der Waals surface area contributed by atoms with Gasteiger partial charge in [0, 0.05) is 5.92 Å². The van der Waals surface area contributed by atoms with Gasteiger partial charge < -0.3 is 4.74 Å². The Morgan fingerprint density at radius 1 is 1.20 bits per heavy atom. The van der Waals surface area contributed by atoms with Gasteiger partial charge >= 0.3 is 5.97 Å². The highest BCUT2D eigenvalue weighted by Crippen LogP contribution is 2.61. The maximum atomic E-state index is 12.0. The van der Waals surface area contributed by atoms with Crippen LogP contribution in [0.4, 0.5) is 0 Å². The van der Waals surface area contributed by atoms with Crippen molar-refractivity contribution in [3.63, 3.8) is 0 Å². The van der Waals surface area contributed by atoms with Crippen LogP contribution in [0.25, 0.3) is 0 Å². The number of esters is 1. The number of hydrogen-bond donors (Lipinski definition) is 0. The molecule has 0 aromatic carbocycles. The zero-order valence-corrected chi connectivity index (χ0v) is 8.82. The summed E-state index contributed by atoms with van der Waals surface area (Å²) >= 11 is 0. The van der Waals surface area contributed by atoms with Gasteiger partial charge in [0.05, 0.1) is 5.92 Å². The predicted octanol–water partition coefficient (Wildman–Crippen LogP) is 2.29. The van der Waals surface area contributed by atoms with E-state index < -0.39 is 0 Å². The lowest BCUT2D eigenvalue weighted by Crippen LogP contribution is -2.36. The molecule has 3 aliphatic carbocycles. The highest BCUT2D eigenvalue weighted by Gasteiger charge is 2.64. The Kier molecular flexibility index (Phi) is 1.38. The van der Waals surface area contributed by atoms with Crippen molar-refractivity contribution >= 4 is 5.97 Å². The van der Waals surface area contributed by atoms with E-state index in [4.69, 9.17) is 4.74 Å². The van der Waals surface area contributed by atoms with Crippen molar-refractivity contribution in [1.82, 2.24) is 0 Å². The summed E-state index contributed by atoms with van der Waals surface area (Å²) in [5, 5.41) is 0. The second-order valence-electron chi connectivity index (χ2n) is 5.69. The van der Waals surface area contributed by atoms with E-state index in [1.807, 2.05) is 0 Å². The van der Waals surface area contributed by atoms with Gasteiger partial charge in [-0.25, -0.2) is 0 Å². The van der Waals surface area contributed by atoms with Gasteiger partial charge in [0.15, 0.2) is 0 Å². The van der Waals surface area contributed by atoms with Gasteiger partial charge in [0.2, 0.25) is 0 Å². The van der Waals surface area contributed by atoms with Gasteiger partial charge in [-0.3, -0.25) is 4.79 Å². The van der Waals surface area contributed by atoms with Crippen LogP contribution in [0.15, 0.2) is 12.2 Å². The highest BCUT2D eigenvalue weighted by molar-refractivity contribution is 5.78. The number of carbonyl (C=O) groups is 1. The monoisotopic (exact) mass is 204 g/mol. The van der Waals surface area contributed by atoms with Gasteiger partial charge in [0.25, 0.3) is 0 Å². The Hall–Kier alpha value is -0.790. The molecule has 4 aliphatic rings. The Morgan fingerprint density at radius 2 is 1.93 bits per heavy atom. The summed E-state index contributed by atoms with van der Waals surface area (Å²) in [5.41, 5.74) is -0.0358. The third kappa shape index (κ3) is 0.849. The fraction of sp³-hybridized carbons (Fsp3) is 0.769. The first-order valence-electron chi connectivity index (χ1n) is 6.21. The molecule has 2 saturated carbocycles. The summed E-state index contributed by atoms with van der Waals surface area (Å²) in [6.07, 6.45) is 10.5. The molecule has 2 heteroatoms. The highest BCUT2D eigenvalue weighted by atomic mass is 16.6. The van der Waals surface area contributed by atoms with Crippen LogP contribution >= 0.6 is 0 Å². The van der Waals surface area contributed by atoms with E-state index in [1.165, 1.54) is 19.3 Å². The molecule has 1 spiro atoms. The maximum Gasteiger partial charge on any atom is 0.310 e. The Balaban J connectivity index is 1.80. The fourth-order valence-corrected chi connectivity index (χ4v) is 4.61. The molecule has 1 saturated heterocycles.